The number of ether oxygens (including phenoxy) is 3. The number of carbonyl (C=O) groups excluding carboxylic acids is 4. The van der Waals surface area contributed by atoms with Gasteiger partial charge in [-0.15, -0.1) is 0 Å². The highest BCUT2D eigenvalue weighted by atomic mass is 16.5. The molecule has 0 bridgehead atoms. The van der Waals surface area contributed by atoms with E-state index in [2.05, 4.69) is 20.8 Å². The fourth-order valence-corrected chi connectivity index (χ4v) is 7.43. The van der Waals surface area contributed by atoms with E-state index >= 15 is 0 Å². The summed E-state index contributed by atoms with van der Waals surface area (Å²) in [6, 6.07) is 9.96. The maximum atomic E-state index is 13.8. The number of aromatic nitrogens is 9. The Morgan fingerprint density at radius 3 is 2.19 bits per heavy atom. The van der Waals surface area contributed by atoms with Crippen LogP contribution in [0.5, 0.6) is 11.5 Å². The molecule has 0 radical (unpaired) electrons. The molecule has 5 aromatic heterocycles. The zero-order chi connectivity index (χ0) is 45.7. The molecule has 21 heteroatoms. The van der Waals surface area contributed by atoms with Gasteiger partial charge in [0.15, 0.2) is 5.82 Å². The van der Waals surface area contributed by atoms with Crippen LogP contribution in [0.1, 0.15) is 62.9 Å². The molecule has 0 fully saturated rings. The minimum atomic E-state index is -0.704. The van der Waals surface area contributed by atoms with E-state index in [9.17, 15) is 19.2 Å². The summed E-state index contributed by atoms with van der Waals surface area (Å²) < 4.78 is 24.2. The van der Waals surface area contributed by atoms with Gasteiger partial charge >= 0.3 is 6.09 Å². The summed E-state index contributed by atoms with van der Waals surface area (Å²) in [7, 11) is 1.52. The van der Waals surface area contributed by atoms with Crippen LogP contribution in [0.2, 0.25) is 0 Å². The second kappa shape index (κ2) is 19.1. The van der Waals surface area contributed by atoms with Gasteiger partial charge in [0.1, 0.15) is 40.7 Å². The summed E-state index contributed by atoms with van der Waals surface area (Å²) in [5.74, 6) is -0.449. The molecule has 0 saturated carbocycles. The number of amides is 4. The van der Waals surface area contributed by atoms with Crippen LogP contribution < -0.4 is 37.3 Å². The van der Waals surface area contributed by atoms with Crippen LogP contribution in [-0.4, -0.2) is 101 Å². The summed E-state index contributed by atoms with van der Waals surface area (Å²) in [6.45, 7) is 9.73. The van der Waals surface area contributed by atoms with Gasteiger partial charge in [0.2, 0.25) is 17.8 Å². The number of methoxy groups -OCH3 is 1. The number of carbonyl (C=O) groups is 4. The van der Waals surface area contributed by atoms with Gasteiger partial charge in [-0.25, -0.2) is 19.7 Å². The zero-order valence-electron chi connectivity index (χ0n) is 36.2. The molecule has 0 atom stereocenters. The van der Waals surface area contributed by atoms with E-state index in [-0.39, 0.29) is 62.2 Å². The van der Waals surface area contributed by atoms with Gasteiger partial charge in [-0.3, -0.25) is 29.1 Å². The maximum absolute atomic E-state index is 13.8. The molecular formula is C43H50N14O7. The smallest absolute Gasteiger partial charge is 0.407 e. The first-order valence-corrected chi connectivity index (χ1v) is 20.7. The molecule has 334 valence electrons. The Labute approximate surface area is 366 Å². The van der Waals surface area contributed by atoms with Crippen molar-refractivity contribution < 1.29 is 33.4 Å². The number of primary amides is 2. The van der Waals surface area contributed by atoms with Crippen molar-refractivity contribution in [2.45, 2.75) is 60.3 Å². The Hall–Kier alpha value is -7.81. The largest absolute Gasteiger partial charge is 0.495 e. The number of imidazole rings is 1. The number of hydrogen-bond donors (Lipinski definition) is 5. The predicted octanol–water partition coefficient (Wildman–Crippen LogP) is 3.82. The van der Waals surface area contributed by atoms with E-state index in [1.54, 1.807) is 40.6 Å². The summed E-state index contributed by atoms with van der Waals surface area (Å²) in [6.07, 6.45) is 5.31. The quantitative estimate of drug-likeness (QED) is 0.0572. The summed E-state index contributed by atoms with van der Waals surface area (Å²) in [4.78, 5) is 65.2. The second-order valence-electron chi connectivity index (χ2n) is 14.7. The number of allylic oxidation sites excluding steroid dienone is 2. The van der Waals surface area contributed by atoms with E-state index in [0.29, 0.717) is 75.4 Å². The lowest BCUT2D eigenvalue weighted by atomic mass is 10.1. The van der Waals surface area contributed by atoms with Crippen LogP contribution in [0.15, 0.2) is 54.7 Å². The van der Waals surface area contributed by atoms with E-state index in [1.165, 1.54) is 19.2 Å². The average Bonchev–Trinajstić information content (AvgIpc) is 4.04. The fraction of sp³-hybridized carbons (Fsp3) is 0.326. The van der Waals surface area contributed by atoms with E-state index in [0.717, 1.165) is 11.4 Å². The number of rotatable bonds is 19. The molecular weight excluding hydrogens is 825 g/mol. The van der Waals surface area contributed by atoms with Crippen LogP contribution in [0, 0.1) is 13.8 Å². The Kier molecular flexibility index (Phi) is 13.2. The SMILES string of the molecule is CCn1nc(C)cc1C(=O)Nc1nc2cc(C(N)=O)cc(OCCCNC(=O)OCCN)c2n1C/C=C/Cn1c2nc(-c3cc(C)nn3CC)ncc2c2cc(C(N)=O)cc(OC)c21. The van der Waals surface area contributed by atoms with Crippen molar-refractivity contribution in [2.75, 3.05) is 38.7 Å². The average molecular weight is 875 g/mol. The normalized spacial score (nSPS) is 11.5. The van der Waals surface area contributed by atoms with Crippen LogP contribution in [0.25, 0.3) is 44.5 Å². The fourth-order valence-electron chi connectivity index (χ4n) is 7.43. The van der Waals surface area contributed by atoms with E-state index < -0.39 is 23.8 Å². The lowest BCUT2D eigenvalue weighted by Gasteiger charge is -2.13. The molecule has 0 saturated heterocycles. The summed E-state index contributed by atoms with van der Waals surface area (Å²) in [5, 5.41) is 15.9. The van der Waals surface area contributed by atoms with Gasteiger partial charge in [-0.1, -0.05) is 12.2 Å². The lowest BCUT2D eigenvalue weighted by Crippen LogP contribution is -2.28. The molecule has 0 aliphatic carbocycles. The monoisotopic (exact) mass is 874 g/mol. The molecule has 2 aromatic carbocycles. The molecule has 4 amide bonds. The highest BCUT2D eigenvalue weighted by Gasteiger charge is 2.23. The molecule has 5 heterocycles. The Morgan fingerprint density at radius 2 is 1.48 bits per heavy atom. The van der Waals surface area contributed by atoms with Gasteiger partial charge < -0.3 is 45.9 Å². The molecule has 0 unspecified atom stereocenters. The summed E-state index contributed by atoms with van der Waals surface area (Å²) in [5.41, 5.74) is 21.9. The van der Waals surface area contributed by atoms with Crippen molar-refractivity contribution in [2.24, 2.45) is 17.2 Å². The molecule has 8 N–H and O–H groups in total. The standard InChI is InChI=1S/C43H50N14O7/c1-6-56-31(17-24(3)52-56)39-48-23-29-28-19-26(37(45)58)21-33(62-5)35(28)54(40(29)50-39)13-8-9-14-55-36-30(49-42(55)51-41(60)32-18-25(4)53-57(32)7-2)20-27(38(46)59)22-34(36)63-15-10-12-47-43(61)64-16-11-44/h8-9,17-23H,6-7,10-16,44H2,1-5H3,(H2,45,58)(H2,46,59)(H,47,61)(H,49,51,60)/b9-8+. The molecule has 7 rings (SSSR count). The number of nitrogens with one attached hydrogen (secondary N) is 2. The van der Waals surface area contributed by atoms with Crippen LogP contribution in [0.4, 0.5) is 10.7 Å². The highest BCUT2D eigenvalue weighted by Crippen LogP contribution is 2.37. The van der Waals surface area contributed by atoms with Crippen LogP contribution in [-0.2, 0) is 30.9 Å². The van der Waals surface area contributed by atoms with Crippen LogP contribution in [0.3, 0.4) is 0 Å². The number of fused-ring (bicyclic) bond motifs is 4. The molecule has 0 aliphatic heterocycles. The number of aryl methyl sites for hydroxylation is 4. The van der Waals surface area contributed by atoms with Gasteiger partial charge in [0.05, 0.1) is 36.1 Å². The number of nitrogens with two attached hydrogens (primary N) is 3. The molecule has 64 heavy (non-hydrogen) atoms. The third-order valence-electron chi connectivity index (χ3n) is 10.3. The van der Waals surface area contributed by atoms with E-state index in [4.69, 9.17) is 46.4 Å². The Morgan fingerprint density at radius 1 is 0.797 bits per heavy atom. The minimum absolute atomic E-state index is 0.0871. The van der Waals surface area contributed by atoms with Gasteiger partial charge in [0.25, 0.3) is 5.91 Å². The first kappa shape index (κ1) is 44.3. The first-order valence-electron chi connectivity index (χ1n) is 20.7. The van der Waals surface area contributed by atoms with Crippen LogP contribution >= 0.6 is 0 Å². The zero-order valence-corrected chi connectivity index (χ0v) is 36.2. The topological polar surface area (TPSA) is 282 Å². The van der Waals surface area contributed by atoms with Crippen molar-refractivity contribution in [1.29, 1.82) is 0 Å². The minimum Gasteiger partial charge on any atom is -0.495 e. The van der Waals surface area contributed by atoms with Crippen molar-refractivity contribution in [3.8, 4) is 23.0 Å². The summed E-state index contributed by atoms with van der Waals surface area (Å²) >= 11 is 0. The molecule has 0 spiro atoms. The lowest BCUT2D eigenvalue weighted by molar-refractivity contribution is 0.0991. The van der Waals surface area contributed by atoms with Crippen molar-refractivity contribution in [3.05, 3.63) is 83.0 Å². The van der Waals surface area contributed by atoms with Crippen molar-refractivity contribution in [3.63, 3.8) is 0 Å². The third kappa shape index (κ3) is 9.05. The number of nitrogens with zero attached hydrogens (tertiary/aromatic N) is 9. The highest BCUT2D eigenvalue weighted by molar-refractivity contribution is 6.12. The molecule has 21 nitrogen and oxygen atoms in total. The molecule has 0 aliphatic rings. The number of benzene rings is 2. The second-order valence-corrected chi connectivity index (χ2v) is 14.7. The number of hydrogen-bond acceptors (Lipinski definition) is 13. The Bertz CT molecular complexity index is 2940. The maximum Gasteiger partial charge on any atom is 0.407 e. The first-order chi connectivity index (χ1) is 30.8. The van der Waals surface area contributed by atoms with E-state index in [1.807, 2.05) is 48.2 Å². The predicted molar refractivity (Wildman–Crippen MR) is 238 cm³/mol. The van der Waals surface area contributed by atoms with Crippen molar-refractivity contribution in [1.82, 2.24) is 49.0 Å². The van der Waals surface area contributed by atoms with Crippen molar-refractivity contribution >= 4 is 62.7 Å². The number of anilines is 1. The molecule has 7 aromatic rings. The Balaban J connectivity index is 1.29. The third-order valence-corrected chi connectivity index (χ3v) is 10.3. The van der Waals surface area contributed by atoms with Gasteiger partial charge in [-0.05, 0) is 70.5 Å². The van der Waals surface area contributed by atoms with Gasteiger partial charge in [0, 0.05) is 67.4 Å². The number of alkyl carbamates (subject to hydrolysis) is 1. The van der Waals surface area contributed by atoms with Gasteiger partial charge in [-0.2, -0.15) is 10.2 Å².